The third-order valence-electron chi connectivity index (χ3n) is 11.8. The highest BCUT2D eigenvalue weighted by Crippen LogP contribution is 2.46. The lowest BCUT2D eigenvalue weighted by Crippen LogP contribution is -2.29. The molecule has 2 fully saturated rings. The molecule has 59 heavy (non-hydrogen) atoms. The molecule has 1 aliphatic carbocycles. The van der Waals surface area contributed by atoms with Crippen molar-refractivity contribution in [1.82, 2.24) is 5.32 Å². The lowest BCUT2D eigenvalue weighted by atomic mass is 9.86. The van der Waals surface area contributed by atoms with Gasteiger partial charge >= 0.3 is 5.97 Å². The number of esters is 1. The normalized spacial score (nSPS) is 26.3. The molecule has 7 rings (SSSR count). The van der Waals surface area contributed by atoms with Crippen LogP contribution in [0.4, 0.5) is 0 Å². The van der Waals surface area contributed by atoms with Crippen LogP contribution in [0, 0.1) is 11.8 Å². The standard InChI is InChI=1S/C45H58N4O10/c1-6-31-26(2)36-21-40-34(23-50)28(4)35(47-40)20-37-27(3)32(44(48-37)33-19-41(51)43-29(5)38(49-45(33)43)22-39(31)46-36)7-8-42(52)59-25-30-24-57-16-15-55-12-11-53-9-10-54-13-14-56-17-18-58-30/h20-22,27,30,32,48,50-51H,6-19,23-25H2,1-5H3/t27-,30?,32-/m0/s1. The Hall–Kier alpha value is -4.28. The van der Waals surface area contributed by atoms with Gasteiger partial charge in [0, 0.05) is 52.8 Å². The van der Waals surface area contributed by atoms with Crippen LogP contribution in [-0.4, -0.2) is 125 Å². The lowest BCUT2D eigenvalue weighted by Gasteiger charge is -2.20. The third-order valence-corrected chi connectivity index (χ3v) is 11.8. The molecule has 0 aromatic carbocycles. The number of hydrogen-bond donors (Lipinski definition) is 3. The van der Waals surface area contributed by atoms with Crippen LogP contribution in [0.15, 0.2) is 106 Å². The molecule has 0 aromatic rings. The fraction of sp³-hybridized carbons (Fsp3) is 0.556. The SMILES string of the molecule is CCC1=C(C)C2=NC1=CC1=C(C)C3=C(O)CC(=C4NC(=CC5=NC(=C2)C(CO)=C5C)[C@@H](C)[C@@H]4CCC(=O)OCC2COCCOCCOCCOCCOCCO2)C3=N1. The van der Waals surface area contributed by atoms with Crippen LogP contribution >= 0.6 is 0 Å². The minimum atomic E-state index is -0.483. The zero-order valence-corrected chi connectivity index (χ0v) is 35.0. The van der Waals surface area contributed by atoms with Gasteiger partial charge in [-0.15, -0.1) is 0 Å². The maximum Gasteiger partial charge on any atom is 0.305 e. The van der Waals surface area contributed by atoms with Crippen LogP contribution in [0.2, 0.25) is 0 Å². The third kappa shape index (κ3) is 9.70. The summed E-state index contributed by atoms with van der Waals surface area (Å²) in [6, 6.07) is 0. The summed E-state index contributed by atoms with van der Waals surface area (Å²) >= 11 is 0. The Morgan fingerprint density at radius 1 is 0.814 bits per heavy atom. The summed E-state index contributed by atoms with van der Waals surface area (Å²) in [5.41, 5.74) is 12.9. The molecule has 318 valence electrons. The van der Waals surface area contributed by atoms with E-state index >= 15 is 0 Å². The van der Waals surface area contributed by atoms with Gasteiger partial charge < -0.3 is 48.7 Å². The number of rotatable bonds is 7. The van der Waals surface area contributed by atoms with E-state index in [-0.39, 0.29) is 49.8 Å². The van der Waals surface area contributed by atoms with Crippen LogP contribution in [-0.2, 0) is 38.0 Å². The Kier molecular flexibility index (Phi) is 14.4. The van der Waals surface area contributed by atoms with Crippen LogP contribution in [0.25, 0.3) is 0 Å². The fourth-order valence-electron chi connectivity index (χ4n) is 8.40. The Labute approximate surface area is 346 Å². The van der Waals surface area contributed by atoms with Gasteiger partial charge in [-0.1, -0.05) is 13.8 Å². The number of nitrogens with zero attached hydrogens (tertiary/aromatic N) is 3. The van der Waals surface area contributed by atoms with Crippen molar-refractivity contribution in [1.29, 1.82) is 0 Å². The van der Waals surface area contributed by atoms with Crippen molar-refractivity contribution in [3.63, 3.8) is 0 Å². The second-order valence-corrected chi connectivity index (χ2v) is 15.5. The maximum atomic E-state index is 13.5. The minimum Gasteiger partial charge on any atom is -0.511 e. The summed E-state index contributed by atoms with van der Waals surface area (Å²) in [5, 5.41) is 25.7. The zero-order chi connectivity index (χ0) is 41.5. The number of carbonyl (C=O) groups is 1. The van der Waals surface area contributed by atoms with Crippen molar-refractivity contribution in [2.24, 2.45) is 26.8 Å². The lowest BCUT2D eigenvalue weighted by molar-refractivity contribution is -0.151. The van der Waals surface area contributed by atoms with E-state index in [0.29, 0.717) is 84.6 Å². The van der Waals surface area contributed by atoms with E-state index in [4.69, 9.17) is 48.1 Å². The van der Waals surface area contributed by atoms with Crippen molar-refractivity contribution in [3.8, 4) is 0 Å². The number of ether oxygens (including phenoxy) is 7. The van der Waals surface area contributed by atoms with E-state index in [0.717, 1.165) is 85.4 Å². The average Bonchev–Trinajstić information content (AvgIpc) is 3.98. The summed E-state index contributed by atoms with van der Waals surface area (Å²) in [5.74, 6) is -0.220. The molecule has 0 spiro atoms. The van der Waals surface area contributed by atoms with Crippen LogP contribution in [0.3, 0.4) is 0 Å². The number of hydrogen-bond acceptors (Lipinski definition) is 14. The summed E-state index contributed by atoms with van der Waals surface area (Å²) < 4.78 is 39.9. The van der Waals surface area contributed by atoms with Gasteiger partial charge in [0.25, 0.3) is 0 Å². The first-order chi connectivity index (χ1) is 28.7. The first-order valence-corrected chi connectivity index (χ1v) is 20.9. The molecule has 2 saturated heterocycles. The smallest absolute Gasteiger partial charge is 0.305 e. The van der Waals surface area contributed by atoms with Crippen molar-refractivity contribution in [3.05, 3.63) is 91.5 Å². The molecule has 0 amide bonds. The summed E-state index contributed by atoms with van der Waals surface area (Å²) in [4.78, 5) is 28.7. The summed E-state index contributed by atoms with van der Waals surface area (Å²) in [6.45, 7) is 14.7. The highest BCUT2D eigenvalue weighted by molar-refractivity contribution is 6.21. The van der Waals surface area contributed by atoms with Crippen molar-refractivity contribution in [2.45, 2.75) is 66.4 Å². The Bertz CT molecular complexity index is 2010. The number of allylic oxidation sites excluding steroid dienone is 11. The molecular formula is C45H58N4O10. The molecule has 3 atom stereocenters. The van der Waals surface area contributed by atoms with E-state index in [1.54, 1.807) is 0 Å². The van der Waals surface area contributed by atoms with Gasteiger partial charge in [-0.2, -0.15) is 0 Å². The molecule has 14 heteroatoms. The molecule has 1 unspecified atom stereocenters. The number of aliphatic imine (C=N–C) groups is 3. The first-order valence-electron chi connectivity index (χ1n) is 20.9. The van der Waals surface area contributed by atoms with Crippen LogP contribution in [0.5, 0.6) is 0 Å². The number of aliphatic hydroxyl groups excluding tert-OH is 2. The maximum absolute atomic E-state index is 13.5. The number of carbonyl (C=O) groups excluding carboxylic acids is 1. The highest BCUT2D eigenvalue weighted by Gasteiger charge is 2.41. The predicted molar refractivity (Wildman–Crippen MR) is 223 cm³/mol. The van der Waals surface area contributed by atoms with Crippen molar-refractivity contribution >= 4 is 23.1 Å². The first kappa shape index (κ1) is 42.8. The molecule has 3 N–H and O–H groups in total. The molecule has 0 radical (unpaired) electrons. The molecule has 14 nitrogen and oxygen atoms in total. The van der Waals surface area contributed by atoms with Gasteiger partial charge in [-0.3, -0.25) is 4.79 Å². The number of nitrogens with one attached hydrogen (secondary N) is 1. The van der Waals surface area contributed by atoms with Crippen molar-refractivity contribution < 1.29 is 48.2 Å². The quantitative estimate of drug-likeness (QED) is 0.279. The van der Waals surface area contributed by atoms with E-state index in [9.17, 15) is 15.0 Å². The highest BCUT2D eigenvalue weighted by atomic mass is 16.6. The number of aliphatic hydroxyl groups is 2. The molecule has 7 aliphatic rings. The Balaban J connectivity index is 1.11. The largest absolute Gasteiger partial charge is 0.511 e. The molecule has 0 saturated carbocycles. The minimum absolute atomic E-state index is 0.0315. The van der Waals surface area contributed by atoms with E-state index < -0.39 is 6.10 Å². The van der Waals surface area contributed by atoms with Crippen LogP contribution < -0.4 is 5.32 Å². The van der Waals surface area contributed by atoms with E-state index in [2.05, 4.69) is 26.1 Å². The van der Waals surface area contributed by atoms with E-state index in [1.807, 2.05) is 32.1 Å². The Morgan fingerprint density at radius 3 is 2.08 bits per heavy atom. The molecule has 6 aliphatic heterocycles. The van der Waals surface area contributed by atoms with Gasteiger partial charge in [-0.25, -0.2) is 15.0 Å². The predicted octanol–water partition coefficient (Wildman–Crippen LogP) is 5.46. The van der Waals surface area contributed by atoms with E-state index in [1.165, 1.54) is 0 Å². The molecular weight excluding hydrogens is 757 g/mol. The molecule has 8 bridgehead atoms. The summed E-state index contributed by atoms with van der Waals surface area (Å²) in [6.07, 6.45) is 7.30. The van der Waals surface area contributed by atoms with Gasteiger partial charge in [0.2, 0.25) is 0 Å². The molecule has 0 aromatic heterocycles. The summed E-state index contributed by atoms with van der Waals surface area (Å²) in [7, 11) is 0. The number of fused-ring (bicyclic) bond motifs is 5. The fourth-order valence-corrected chi connectivity index (χ4v) is 8.40. The Morgan fingerprint density at radius 2 is 1.42 bits per heavy atom. The zero-order valence-electron chi connectivity index (χ0n) is 35.0. The second kappa shape index (κ2) is 19.9. The topological polar surface area (TPSA) is 171 Å². The monoisotopic (exact) mass is 814 g/mol. The van der Waals surface area contributed by atoms with Gasteiger partial charge in [-0.05, 0) is 74.1 Å². The van der Waals surface area contributed by atoms with Gasteiger partial charge in [0.15, 0.2) is 0 Å². The molecule has 6 heterocycles. The van der Waals surface area contributed by atoms with Crippen LogP contribution in [0.1, 0.15) is 60.3 Å². The average molecular weight is 815 g/mol. The second-order valence-electron chi connectivity index (χ2n) is 15.5. The van der Waals surface area contributed by atoms with Gasteiger partial charge in [0.1, 0.15) is 18.5 Å². The van der Waals surface area contributed by atoms with Gasteiger partial charge in [0.05, 0.1) is 114 Å². The van der Waals surface area contributed by atoms with Crippen molar-refractivity contribution in [2.75, 3.05) is 85.9 Å².